The maximum absolute atomic E-state index is 13.7. The monoisotopic (exact) mass is 517 g/mol. The van der Waals surface area contributed by atoms with Crippen LogP contribution in [0.3, 0.4) is 0 Å². The fourth-order valence-electron chi connectivity index (χ4n) is 4.80. The second-order valence-electron chi connectivity index (χ2n) is 9.86. The van der Waals surface area contributed by atoms with Gasteiger partial charge in [-0.3, -0.25) is 9.59 Å². The maximum Gasteiger partial charge on any atom is 0.251 e. The molecule has 2 aromatic carbocycles. The Hall–Kier alpha value is -2.68. The third kappa shape index (κ3) is 5.77. The van der Waals surface area contributed by atoms with Crippen LogP contribution in [0.4, 0.5) is 0 Å². The molecule has 1 fully saturated rings. The van der Waals surface area contributed by atoms with E-state index in [0.717, 1.165) is 5.56 Å². The molecule has 0 radical (unpaired) electrons. The first-order chi connectivity index (χ1) is 16.3. The van der Waals surface area contributed by atoms with Crippen LogP contribution in [-0.4, -0.2) is 48.2 Å². The van der Waals surface area contributed by atoms with Crippen molar-refractivity contribution in [2.45, 2.75) is 62.6 Å². The molecule has 2 N–H and O–H groups in total. The van der Waals surface area contributed by atoms with E-state index >= 15 is 0 Å². The van der Waals surface area contributed by atoms with Crippen molar-refractivity contribution in [1.82, 2.24) is 14.9 Å². The smallest absolute Gasteiger partial charge is 0.251 e. The number of benzene rings is 2. The van der Waals surface area contributed by atoms with Crippen molar-refractivity contribution in [3.63, 3.8) is 0 Å². The van der Waals surface area contributed by atoms with Gasteiger partial charge in [0.25, 0.3) is 5.91 Å². The number of amides is 2. The summed E-state index contributed by atoms with van der Waals surface area (Å²) in [4.78, 5) is 24.6. The topological polar surface area (TPSA) is 95.6 Å². The van der Waals surface area contributed by atoms with Crippen LogP contribution >= 0.6 is 11.6 Å². The SMILES string of the molecule is C=CC(=O)NC1CC(C)(C)N(S(=O)(=O)c2ccc(C(=O)NCCc3ccc(Cl)cc3)cc2)C1(C)C. The molecule has 0 bridgehead atoms. The van der Waals surface area contributed by atoms with E-state index in [4.69, 9.17) is 11.6 Å². The summed E-state index contributed by atoms with van der Waals surface area (Å²) < 4.78 is 28.8. The van der Waals surface area contributed by atoms with E-state index < -0.39 is 21.1 Å². The van der Waals surface area contributed by atoms with Gasteiger partial charge in [-0.25, -0.2) is 8.42 Å². The van der Waals surface area contributed by atoms with Crippen LogP contribution in [0.2, 0.25) is 5.02 Å². The van der Waals surface area contributed by atoms with Crippen LogP contribution in [-0.2, 0) is 21.2 Å². The number of rotatable bonds is 8. The first-order valence-electron chi connectivity index (χ1n) is 11.4. The molecule has 7 nitrogen and oxygen atoms in total. The molecule has 35 heavy (non-hydrogen) atoms. The number of carbonyl (C=O) groups is 2. The van der Waals surface area contributed by atoms with Crippen LogP contribution in [0, 0.1) is 0 Å². The van der Waals surface area contributed by atoms with Crippen LogP contribution in [0.15, 0.2) is 66.1 Å². The van der Waals surface area contributed by atoms with E-state index in [9.17, 15) is 18.0 Å². The quantitative estimate of drug-likeness (QED) is 0.518. The Morgan fingerprint density at radius 2 is 1.69 bits per heavy atom. The highest BCUT2D eigenvalue weighted by atomic mass is 35.5. The third-order valence-corrected chi connectivity index (χ3v) is 8.96. The number of carbonyl (C=O) groups excluding carboxylic acids is 2. The Balaban J connectivity index is 1.73. The molecule has 1 aliphatic rings. The number of hydrogen-bond acceptors (Lipinski definition) is 4. The van der Waals surface area contributed by atoms with Crippen molar-refractivity contribution in [2.75, 3.05) is 6.54 Å². The highest BCUT2D eigenvalue weighted by Gasteiger charge is 2.57. The number of nitrogens with one attached hydrogen (secondary N) is 2. The van der Waals surface area contributed by atoms with Crippen LogP contribution in [0.5, 0.6) is 0 Å². The average Bonchev–Trinajstić information content (AvgIpc) is 2.98. The third-order valence-electron chi connectivity index (χ3n) is 6.40. The van der Waals surface area contributed by atoms with Gasteiger partial charge in [0.2, 0.25) is 15.9 Å². The van der Waals surface area contributed by atoms with Crippen molar-refractivity contribution in [2.24, 2.45) is 0 Å². The zero-order valence-electron chi connectivity index (χ0n) is 20.5. The van der Waals surface area contributed by atoms with Gasteiger partial charge >= 0.3 is 0 Å². The van der Waals surface area contributed by atoms with E-state index in [2.05, 4.69) is 17.2 Å². The Kier molecular flexibility index (Phi) is 7.79. The summed E-state index contributed by atoms with van der Waals surface area (Å²) in [5.41, 5.74) is -0.191. The molecule has 1 saturated heterocycles. The van der Waals surface area contributed by atoms with Gasteiger partial charge in [0.05, 0.1) is 10.4 Å². The van der Waals surface area contributed by atoms with Crippen molar-refractivity contribution in [1.29, 1.82) is 0 Å². The Morgan fingerprint density at radius 3 is 2.26 bits per heavy atom. The molecule has 188 valence electrons. The zero-order chi connectivity index (χ0) is 26.0. The number of halogens is 1. The molecular formula is C26H32ClN3O4S. The molecule has 1 aliphatic heterocycles. The lowest BCUT2D eigenvalue weighted by molar-refractivity contribution is -0.117. The molecule has 3 rings (SSSR count). The maximum atomic E-state index is 13.7. The van der Waals surface area contributed by atoms with E-state index in [1.54, 1.807) is 26.0 Å². The van der Waals surface area contributed by atoms with Crippen LogP contribution in [0.1, 0.15) is 50.0 Å². The van der Waals surface area contributed by atoms with Crippen LogP contribution in [0.25, 0.3) is 0 Å². The van der Waals surface area contributed by atoms with Crippen molar-refractivity contribution < 1.29 is 18.0 Å². The van der Waals surface area contributed by atoms with Gasteiger partial charge in [-0.05, 0) is 88.6 Å². The van der Waals surface area contributed by atoms with E-state index in [1.807, 2.05) is 26.0 Å². The van der Waals surface area contributed by atoms with Gasteiger partial charge in [0, 0.05) is 28.7 Å². The van der Waals surface area contributed by atoms with Gasteiger partial charge in [-0.15, -0.1) is 0 Å². The lowest BCUT2D eigenvalue weighted by atomic mass is 9.94. The number of hydrogen-bond donors (Lipinski definition) is 2. The number of nitrogens with zero attached hydrogens (tertiary/aromatic N) is 1. The van der Waals surface area contributed by atoms with E-state index in [1.165, 1.54) is 34.6 Å². The lowest BCUT2D eigenvalue weighted by Crippen LogP contribution is -2.56. The molecule has 0 aliphatic carbocycles. The summed E-state index contributed by atoms with van der Waals surface area (Å²) in [5, 5.41) is 6.37. The van der Waals surface area contributed by atoms with Crippen molar-refractivity contribution in [3.8, 4) is 0 Å². The van der Waals surface area contributed by atoms with Crippen molar-refractivity contribution in [3.05, 3.63) is 77.3 Å². The summed E-state index contributed by atoms with van der Waals surface area (Å²) in [6, 6.07) is 13.0. The first kappa shape index (κ1) is 26.9. The summed E-state index contributed by atoms with van der Waals surface area (Å²) in [6.45, 7) is 11.2. The largest absolute Gasteiger partial charge is 0.352 e. The standard InChI is InChI=1S/C26H32ClN3O4S/c1-6-23(31)29-22-17-25(2,3)30(26(22,4)5)35(33,34)21-13-9-19(10-14-21)24(32)28-16-15-18-7-11-20(27)12-8-18/h6-14,22H,1,15-17H2,2-5H3,(H,28,32)(H,29,31). The second kappa shape index (κ2) is 10.1. The molecule has 1 heterocycles. The Bertz CT molecular complexity index is 1210. The zero-order valence-corrected chi connectivity index (χ0v) is 22.0. The highest BCUT2D eigenvalue weighted by Crippen LogP contribution is 2.44. The minimum absolute atomic E-state index is 0.0899. The molecule has 1 atom stereocenters. The fourth-order valence-corrected chi connectivity index (χ4v) is 7.09. The summed E-state index contributed by atoms with van der Waals surface area (Å²) in [6.07, 6.45) is 2.28. The predicted octanol–water partition coefficient (Wildman–Crippen LogP) is 3.93. The highest BCUT2D eigenvalue weighted by molar-refractivity contribution is 7.89. The molecule has 1 unspecified atom stereocenters. The summed E-state index contributed by atoms with van der Waals surface area (Å²) in [7, 11) is -3.91. The Labute approximate surface area is 212 Å². The summed E-state index contributed by atoms with van der Waals surface area (Å²) >= 11 is 5.89. The fraction of sp³-hybridized carbons (Fsp3) is 0.385. The molecule has 2 aromatic rings. The van der Waals surface area contributed by atoms with E-state index in [-0.39, 0.29) is 22.8 Å². The van der Waals surface area contributed by atoms with Gasteiger partial charge in [-0.1, -0.05) is 30.3 Å². The van der Waals surface area contributed by atoms with Gasteiger partial charge in [-0.2, -0.15) is 4.31 Å². The molecule has 9 heteroatoms. The summed E-state index contributed by atoms with van der Waals surface area (Å²) in [5.74, 6) is -0.624. The predicted molar refractivity (Wildman–Crippen MR) is 138 cm³/mol. The number of sulfonamides is 1. The second-order valence-corrected chi connectivity index (χ2v) is 12.1. The lowest BCUT2D eigenvalue weighted by Gasteiger charge is -2.40. The van der Waals surface area contributed by atoms with Crippen LogP contribution < -0.4 is 10.6 Å². The normalized spacial score (nSPS) is 19.2. The van der Waals surface area contributed by atoms with Gasteiger partial charge in [0.15, 0.2) is 0 Å². The van der Waals surface area contributed by atoms with E-state index in [0.29, 0.717) is 30.0 Å². The minimum Gasteiger partial charge on any atom is -0.352 e. The molecule has 0 spiro atoms. The average molecular weight is 518 g/mol. The molecular weight excluding hydrogens is 486 g/mol. The minimum atomic E-state index is -3.91. The molecule has 0 saturated carbocycles. The Morgan fingerprint density at radius 1 is 1.09 bits per heavy atom. The van der Waals surface area contributed by atoms with Gasteiger partial charge < -0.3 is 10.6 Å². The first-order valence-corrected chi connectivity index (χ1v) is 13.2. The van der Waals surface area contributed by atoms with Gasteiger partial charge in [0.1, 0.15) is 0 Å². The molecule has 0 aromatic heterocycles. The molecule has 2 amide bonds. The van der Waals surface area contributed by atoms with Crippen molar-refractivity contribution >= 4 is 33.4 Å².